The maximum Gasteiger partial charge on any atom is 0.408 e. The largest absolute Gasteiger partial charge is 0.444 e. The van der Waals surface area contributed by atoms with Gasteiger partial charge in [0.1, 0.15) is 28.8 Å². The molecule has 48 heavy (non-hydrogen) atoms. The summed E-state index contributed by atoms with van der Waals surface area (Å²) in [6, 6.07) is 10.6. The first-order valence-electron chi connectivity index (χ1n) is 16.2. The Hall–Kier alpha value is -3.97. The van der Waals surface area contributed by atoms with E-state index in [4.69, 9.17) is 4.74 Å². The van der Waals surface area contributed by atoms with Gasteiger partial charge in [0.25, 0.3) is 5.91 Å². The molecule has 4 N–H and O–H groups in total. The van der Waals surface area contributed by atoms with Crippen molar-refractivity contribution in [3.63, 3.8) is 0 Å². The van der Waals surface area contributed by atoms with E-state index in [9.17, 15) is 32.7 Å². The molecule has 0 spiro atoms. The fourth-order valence-corrected chi connectivity index (χ4v) is 7.66. The molecule has 3 fully saturated rings. The first-order valence-corrected chi connectivity index (χ1v) is 17.8. The third-order valence-electron chi connectivity index (χ3n) is 9.23. The summed E-state index contributed by atoms with van der Waals surface area (Å²) in [5.74, 6) is -2.78. The number of benzene rings is 2. The smallest absolute Gasteiger partial charge is 0.408 e. The van der Waals surface area contributed by atoms with E-state index in [2.05, 4.69) is 21.9 Å². The Morgan fingerprint density at radius 3 is 2.23 bits per heavy atom. The molecule has 12 nitrogen and oxygen atoms in total. The summed E-state index contributed by atoms with van der Waals surface area (Å²) in [7, 11) is -3.91. The van der Waals surface area contributed by atoms with Crippen molar-refractivity contribution in [2.24, 2.45) is 11.3 Å². The van der Waals surface area contributed by atoms with Crippen LogP contribution in [0.25, 0.3) is 10.8 Å². The van der Waals surface area contributed by atoms with Crippen LogP contribution in [0.4, 0.5) is 4.79 Å². The number of amides is 4. The monoisotopic (exact) mass is 682 g/mol. The maximum absolute atomic E-state index is 14.4. The van der Waals surface area contributed by atoms with Gasteiger partial charge in [-0.2, -0.15) is 0 Å². The predicted octanol–water partition coefficient (Wildman–Crippen LogP) is 3.24. The fourth-order valence-electron chi connectivity index (χ4n) is 6.30. The summed E-state index contributed by atoms with van der Waals surface area (Å²) in [5.41, 5.74) is -4.46. The zero-order valence-electron chi connectivity index (χ0n) is 28.3. The van der Waals surface area contributed by atoms with Gasteiger partial charge in [-0.25, -0.2) is 13.2 Å². The third-order valence-corrected chi connectivity index (χ3v) is 11.1. The second-order valence-electron chi connectivity index (χ2n) is 15.4. The Balaban J connectivity index is 1.49. The number of sulfonamides is 1. The van der Waals surface area contributed by atoms with E-state index in [1.165, 1.54) is 11.0 Å². The van der Waals surface area contributed by atoms with Crippen molar-refractivity contribution in [1.82, 2.24) is 20.3 Å². The third kappa shape index (κ3) is 7.21. The molecule has 2 saturated carbocycles. The number of hydrogen-bond acceptors (Lipinski definition) is 8. The van der Waals surface area contributed by atoms with E-state index in [-0.39, 0.29) is 19.4 Å². The Morgan fingerprint density at radius 1 is 1.02 bits per heavy atom. The van der Waals surface area contributed by atoms with Gasteiger partial charge in [-0.15, -0.1) is 6.58 Å². The molecular formula is C35H46N4O8S. The minimum absolute atomic E-state index is 0.120. The maximum atomic E-state index is 14.4. The normalized spacial score (nSPS) is 26.4. The molecule has 2 aromatic carbocycles. The number of carbonyl (C=O) groups is 4. The number of ether oxygens (including phenoxy) is 1. The zero-order chi connectivity index (χ0) is 35.4. The van der Waals surface area contributed by atoms with Crippen LogP contribution in [0.15, 0.2) is 55.1 Å². The number of rotatable bonds is 9. The van der Waals surface area contributed by atoms with Crippen LogP contribution in [-0.4, -0.2) is 77.3 Å². The zero-order valence-corrected chi connectivity index (χ0v) is 29.1. The van der Waals surface area contributed by atoms with Crippen molar-refractivity contribution in [2.75, 3.05) is 6.54 Å². The summed E-state index contributed by atoms with van der Waals surface area (Å²) in [6.07, 6.45) is 1.46. The molecule has 0 unspecified atom stereocenters. The second kappa shape index (κ2) is 12.2. The molecule has 13 heteroatoms. The van der Waals surface area contributed by atoms with Gasteiger partial charge >= 0.3 is 6.09 Å². The molecule has 5 atom stereocenters. The Bertz CT molecular complexity index is 1760. The lowest BCUT2D eigenvalue weighted by atomic mass is 9.85. The first-order chi connectivity index (χ1) is 22.2. The van der Waals surface area contributed by atoms with E-state index in [1.807, 2.05) is 36.4 Å². The molecule has 1 heterocycles. The van der Waals surface area contributed by atoms with Crippen LogP contribution in [-0.2, 0) is 34.7 Å². The second-order valence-corrected chi connectivity index (χ2v) is 17.4. The van der Waals surface area contributed by atoms with Crippen LogP contribution in [0.1, 0.15) is 72.8 Å². The van der Waals surface area contributed by atoms with Gasteiger partial charge in [0.2, 0.25) is 21.8 Å². The molecule has 1 aliphatic heterocycles. The van der Waals surface area contributed by atoms with Gasteiger partial charge in [-0.3, -0.25) is 19.1 Å². The molecule has 260 valence electrons. The van der Waals surface area contributed by atoms with Crippen LogP contribution in [0, 0.1) is 11.3 Å². The Morgan fingerprint density at radius 2 is 1.67 bits per heavy atom. The Labute approximate surface area is 281 Å². The van der Waals surface area contributed by atoms with Crippen LogP contribution in [0.5, 0.6) is 0 Å². The van der Waals surface area contributed by atoms with E-state index in [0.717, 1.165) is 10.8 Å². The van der Waals surface area contributed by atoms with Crippen molar-refractivity contribution < 1.29 is 37.4 Å². The topological polar surface area (TPSA) is 171 Å². The van der Waals surface area contributed by atoms with Gasteiger partial charge in [0.15, 0.2) is 0 Å². The van der Waals surface area contributed by atoms with E-state index in [0.29, 0.717) is 18.4 Å². The summed E-state index contributed by atoms with van der Waals surface area (Å²) < 4.78 is 32.8. The minimum atomic E-state index is -3.91. The molecule has 4 amide bonds. The number of β-amino-alcohol motifs (C(OH)–C–C–N with tert-alkyl or cyclic N) is 1. The van der Waals surface area contributed by atoms with Gasteiger partial charge in [-0.1, -0.05) is 63.2 Å². The molecule has 3 aliphatic rings. The summed E-state index contributed by atoms with van der Waals surface area (Å²) in [6.45, 7) is 13.8. The van der Waals surface area contributed by atoms with E-state index >= 15 is 0 Å². The van der Waals surface area contributed by atoms with Crippen molar-refractivity contribution in [3.8, 4) is 0 Å². The lowest BCUT2D eigenvalue weighted by Gasteiger charge is -2.36. The molecule has 0 bridgehead atoms. The van der Waals surface area contributed by atoms with Crippen LogP contribution in [0.3, 0.4) is 0 Å². The van der Waals surface area contributed by atoms with Gasteiger partial charge in [-0.05, 0) is 67.9 Å². The number of nitrogens with one attached hydrogen (secondary N) is 3. The van der Waals surface area contributed by atoms with E-state index in [1.54, 1.807) is 47.6 Å². The highest BCUT2D eigenvalue weighted by molar-refractivity contribution is 7.91. The highest BCUT2D eigenvalue weighted by Gasteiger charge is 2.62. The van der Waals surface area contributed by atoms with Crippen molar-refractivity contribution in [3.05, 3.63) is 60.7 Å². The van der Waals surface area contributed by atoms with Crippen molar-refractivity contribution in [1.29, 1.82) is 0 Å². The first kappa shape index (κ1) is 35.3. The molecule has 0 radical (unpaired) electrons. The molecule has 1 saturated heterocycles. The van der Waals surface area contributed by atoms with E-state index < -0.39 is 79.2 Å². The predicted molar refractivity (Wildman–Crippen MR) is 180 cm³/mol. The number of nitrogens with zero attached hydrogens (tertiary/aromatic N) is 1. The standard InChI is InChI=1S/C35H46N4O8S/c1-8-23-18-35(23,30(42)38-48(45,46)25-15-16-25)37-28(40)26-19-34(44,24-14-13-21-11-9-10-12-22(21)17-24)20-39(26)29(41)27(32(2,3)4)36-31(43)47-33(5,6)7/h8-14,17,23,25-27,44H,1,15-16,18-20H2,2-7H3,(H,36,43)(H,37,40)(H,38,42)/t23-,26+,27-,34+,35-/m1/s1. The van der Waals surface area contributed by atoms with Crippen molar-refractivity contribution >= 4 is 44.6 Å². The lowest BCUT2D eigenvalue weighted by molar-refractivity contribution is -0.143. The molecular weight excluding hydrogens is 636 g/mol. The quantitative estimate of drug-likeness (QED) is 0.292. The lowest BCUT2D eigenvalue weighted by Crippen LogP contribution is -2.60. The number of alkyl carbamates (subject to hydrolysis) is 1. The highest BCUT2D eigenvalue weighted by Crippen LogP contribution is 2.46. The van der Waals surface area contributed by atoms with Gasteiger partial charge in [0, 0.05) is 12.3 Å². The van der Waals surface area contributed by atoms with Crippen molar-refractivity contribution in [2.45, 2.75) is 101 Å². The molecule has 5 rings (SSSR count). The number of hydrogen-bond donors (Lipinski definition) is 4. The van der Waals surface area contributed by atoms with Gasteiger partial charge < -0.3 is 25.4 Å². The van der Waals surface area contributed by atoms with Gasteiger partial charge in [0.05, 0.1) is 11.8 Å². The molecule has 0 aromatic heterocycles. The van der Waals surface area contributed by atoms with Crippen LogP contribution < -0.4 is 15.4 Å². The number of likely N-dealkylation sites (tertiary alicyclic amines) is 1. The minimum Gasteiger partial charge on any atom is -0.444 e. The van der Waals surface area contributed by atoms with Crippen LogP contribution >= 0.6 is 0 Å². The average molecular weight is 683 g/mol. The summed E-state index contributed by atoms with van der Waals surface area (Å²) in [5, 5.41) is 18.7. The summed E-state index contributed by atoms with van der Waals surface area (Å²) in [4.78, 5) is 56.2. The SMILES string of the molecule is C=C[C@@H]1C[C@]1(NC(=O)[C@@H]1C[C@@](O)(c2ccc3ccccc3c2)CN1C(=O)[C@@H](NC(=O)OC(C)(C)C)C(C)(C)C)C(=O)NS(=O)(=O)C1CC1. The molecule has 2 aliphatic carbocycles. The average Bonchev–Trinajstić information content (AvgIpc) is 3.91. The fraction of sp³-hybridized carbons (Fsp3) is 0.543. The molecule has 2 aromatic rings. The Kier molecular flexibility index (Phi) is 8.96. The van der Waals surface area contributed by atoms with Crippen LogP contribution in [0.2, 0.25) is 0 Å². The number of carbonyl (C=O) groups excluding carboxylic acids is 4. The number of aliphatic hydroxyl groups is 1. The number of fused-ring (bicyclic) bond motifs is 1. The summed E-state index contributed by atoms with van der Waals surface area (Å²) >= 11 is 0. The highest BCUT2D eigenvalue weighted by atomic mass is 32.2.